The van der Waals surface area contributed by atoms with Crippen molar-refractivity contribution in [2.75, 3.05) is 11.6 Å². The molecule has 0 fully saturated rings. The highest BCUT2D eigenvalue weighted by Crippen LogP contribution is 2.27. The minimum Gasteiger partial charge on any atom is -0.403 e. The molecule has 3 aromatic rings. The second-order valence-electron chi connectivity index (χ2n) is 5.93. The molecule has 0 bridgehead atoms. The summed E-state index contributed by atoms with van der Waals surface area (Å²) in [6.07, 6.45) is 1.10. The molecule has 0 aliphatic carbocycles. The van der Waals surface area contributed by atoms with Gasteiger partial charge in [-0.05, 0) is 49.2 Å². The smallest absolute Gasteiger partial charge is 0.322 e. The van der Waals surface area contributed by atoms with E-state index in [1.165, 1.54) is 6.07 Å². The molecule has 26 heavy (non-hydrogen) atoms. The number of benzene rings is 2. The van der Waals surface area contributed by atoms with E-state index in [1.807, 2.05) is 19.9 Å². The van der Waals surface area contributed by atoms with Gasteiger partial charge in [0.15, 0.2) is 9.84 Å². The molecule has 1 N–H and O–H groups in total. The van der Waals surface area contributed by atoms with Gasteiger partial charge in [0.25, 0.3) is 11.8 Å². The highest BCUT2D eigenvalue weighted by Gasteiger charge is 2.19. The standard InChI is InChI=1S/C18H17N3O4S/c1-11-8-9-13(10-12(11)2)16(22)19-18-21-20-17(25-18)14-6-4-5-7-15(14)26(3,23)24/h4-10H,1-3H3,(H,19,21,22). The van der Waals surface area contributed by atoms with E-state index < -0.39 is 9.84 Å². The number of carbonyl (C=O) groups is 1. The summed E-state index contributed by atoms with van der Waals surface area (Å²) < 4.78 is 29.2. The van der Waals surface area contributed by atoms with Gasteiger partial charge in [-0.25, -0.2) is 8.42 Å². The predicted molar refractivity (Wildman–Crippen MR) is 96.7 cm³/mol. The Kier molecular flexibility index (Phi) is 4.60. The first-order valence-corrected chi connectivity index (χ1v) is 9.66. The molecule has 0 spiro atoms. The van der Waals surface area contributed by atoms with Crippen LogP contribution in [0.1, 0.15) is 21.5 Å². The lowest BCUT2D eigenvalue weighted by molar-refractivity contribution is 0.102. The van der Waals surface area contributed by atoms with Crippen LogP contribution in [0.5, 0.6) is 0 Å². The predicted octanol–water partition coefficient (Wildman–Crippen LogP) is 3.01. The molecule has 134 valence electrons. The normalized spacial score (nSPS) is 11.3. The molecule has 3 rings (SSSR count). The molecule has 1 aromatic heterocycles. The third-order valence-electron chi connectivity index (χ3n) is 3.93. The summed E-state index contributed by atoms with van der Waals surface area (Å²) in [5.74, 6) is -0.374. The lowest BCUT2D eigenvalue weighted by atomic mass is 10.1. The third kappa shape index (κ3) is 3.65. The number of hydrogen-bond acceptors (Lipinski definition) is 6. The first-order chi connectivity index (χ1) is 12.3. The van der Waals surface area contributed by atoms with Gasteiger partial charge >= 0.3 is 6.01 Å². The molecule has 0 aliphatic heterocycles. The number of aromatic nitrogens is 2. The van der Waals surface area contributed by atoms with Crippen molar-refractivity contribution in [3.8, 4) is 11.5 Å². The number of sulfone groups is 1. The number of nitrogens with zero attached hydrogens (tertiary/aromatic N) is 2. The molecule has 0 radical (unpaired) electrons. The fourth-order valence-corrected chi connectivity index (χ4v) is 3.28. The maximum atomic E-state index is 12.3. The van der Waals surface area contributed by atoms with Crippen LogP contribution in [0, 0.1) is 13.8 Å². The molecule has 0 atom stereocenters. The van der Waals surface area contributed by atoms with Crippen molar-refractivity contribution < 1.29 is 17.6 Å². The van der Waals surface area contributed by atoms with Gasteiger partial charge in [0.05, 0.1) is 10.5 Å². The topological polar surface area (TPSA) is 102 Å². The zero-order valence-electron chi connectivity index (χ0n) is 14.5. The van der Waals surface area contributed by atoms with Crippen LogP contribution in [-0.2, 0) is 9.84 Å². The fraction of sp³-hybridized carbons (Fsp3) is 0.167. The largest absolute Gasteiger partial charge is 0.403 e. The van der Waals surface area contributed by atoms with E-state index in [4.69, 9.17) is 4.42 Å². The first kappa shape index (κ1) is 17.8. The van der Waals surface area contributed by atoms with Crippen molar-refractivity contribution >= 4 is 21.8 Å². The number of anilines is 1. The van der Waals surface area contributed by atoms with E-state index in [0.717, 1.165) is 17.4 Å². The van der Waals surface area contributed by atoms with Gasteiger partial charge in [-0.1, -0.05) is 23.3 Å². The SMILES string of the molecule is Cc1ccc(C(=O)Nc2nnc(-c3ccccc3S(C)(=O)=O)o2)cc1C. The average molecular weight is 371 g/mol. The lowest BCUT2D eigenvalue weighted by Crippen LogP contribution is -2.12. The molecule has 8 heteroatoms. The molecule has 0 saturated heterocycles. The highest BCUT2D eigenvalue weighted by molar-refractivity contribution is 7.90. The van der Waals surface area contributed by atoms with Gasteiger partial charge in [0, 0.05) is 11.8 Å². The van der Waals surface area contributed by atoms with Crippen LogP contribution in [0.15, 0.2) is 51.8 Å². The third-order valence-corrected chi connectivity index (χ3v) is 5.09. The van der Waals surface area contributed by atoms with Gasteiger partial charge in [0.1, 0.15) is 0 Å². The van der Waals surface area contributed by atoms with Crippen molar-refractivity contribution in [1.82, 2.24) is 10.2 Å². The van der Waals surface area contributed by atoms with Crippen LogP contribution in [0.4, 0.5) is 6.01 Å². The van der Waals surface area contributed by atoms with Crippen molar-refractivity contribution in [3.05, 3.63) is 59.2 Å². The zero-order valence-corrected chi connectivity index (χ0v) is 15.3. The average Bonchev–Trinajstić information content (AvgIpc) is 3.05. The van der Waals surface area contributed by atoms with Crippen molar-refractivity contribution in [2.45, 2.75) is 18.7 Å². The summed E-state index contributed by atoms with van der Waals surface area (Å²) in [5.41, 5.74) is 2.82. The summed E-state index contributed by atoms with van der Waals surface area (Å²) in [6.45, 7) is 3.87. The Morgan fingerprint density at radius 1 is 1.04 bits per heavy atom. The van der Waals surface area contributed by atoms with Gasteiger partial charge in [-0.15, -0.1) is 5.10 Å². The van der Waals surface area contributed by atoms with Crippen molar-refractivity contribution in [1.29, 1.82) is 0 Å². The van der Waals surface area contributed by atoms with Crippen molar-refractivity contribution in [3.63, 3.8) is 0 Å². The molecular formula is C18H17N3O4S. The second kappa shape index (κ2) is 6.72. The number of rotatable bonds is 4. The Hall–Kier alpha value is -3.00. The van der Waals surface area contributed by atoms with E-state index in [1.54, 1.807) is 30.3 Å². The summed E-state index contributed by atoms with van der Waals surface area (Å²) in [4.78, 5) is 12.4. The van der Waals surface area contributed by atoms with Crippen LogP contribution >= 0.6 is 0 Å². The Bertz CT molecular complexity index is 1090. The number of aryl methyl sites for hydroxylation is 2. The Balaban J connectivity index is 1.87. The van der Waals surface area contributed by atoms with Crippen LogP contribution in [0.3, 0.4) is 0 Å². The summed E-state index contributed by atoms with van der Waals surface area (Å²) in [7, 11) is -3.46. The minimum absolute atomic E-state index is 0.0152. The Morgan fingerprint density at radius 3 is 2.46 bits per heavy atom. The number of amides is 1. The van der Waals surface area contributed by atoms with Gasteiger partial charge < -0.3 is 4.42 Å². The maximum Gasteiger partial charge on any atom is 0.322 e. The quantitative estimate of drug-likeness (QED) is 0.756. The van der Waals surface area contributed by atoms with E-state index in [-0.39, 0.29) is 28.3 Å². The molecule has 0 unspecified atom stereocenters. The monoisotopic (exact) mass is 371 g/mol. The molecule has 1 heterocycles. The van der Waals surface area contributed by atoms with Gasteiger partial charge in [0.2, 0.25) is 0 Å². The summed E-state index contributed by atoms with van der Waals surface area (Å²) >= 11 is 0. The van der Waals surface area contributed by atoms with Gasteiger partial charge in [-0.2, -0.15) is 0 Å². The van der Waals surface area contributed by atoms with Crippen molar-refractivity contribution in [2.24, 2.45) is 0 Å². The molecule has 1 amide bonds. The summed E-state index contributed by atoms with van der Waals surface area (Å²) in [5, 5.41) is 10.1. The Labute approximate surface area is 151 Å². The lowest BCUT2D eigenvalue weighted by Gasteiger charge is -2.04. The van der Waals surface area contributed by atoms with E-state index in [0.29, 0.717) is 5.56 Å². The second-order valence-corrected chi connectivity index (χ2v) is 7.92. The van der Waals surface area contributed by atoms with E-state index in [2.05, 4.69) is 15.5 Å². The highest BCUT2D eigenvalue weighted by atomic mass is 32.2. The molecule has 2 aromatic carbocycles. The van der Waals surface area contributed by atoms with Crippen LogP contribution in [0.25, 0.3) is 11.5 Å². The molecule has 7 nitrogen and oxygen atoms in total. The first-order valence-electron chi connectivity index (χ1n) is 7.77. The minimum atomic E-state index is -3.46. The number of hydrogen-bond donors (Lipinski definition) is 1. The summed E-state index contributed by atoms with van der Waals surface area (Å²) in [6, 6.07) is 11.5. The van der Waals surface area contributed by atoms with Crippen LogP contribution in [-0.4, -0.2) is 30.8 Å². The molecule has 0 saturated carbocycles. The molecular weight excluding hydrogens is 354 g/mol. The zero-order chi connectivity index (χ0) is 18.9. The van der Waals surface area contributed by atoms with Crippen LogP contribution < -0.4 is 5.32 Å². The molecule has 0 aliphatic rings. The van der Waals surface area contributed by atoms with Crippen LogP contribution in [0.2, 0.25) is 0 Å². The van der Waals surface area contributed by atoms with E-state index in [9.17, 15) is 13.2 Å². The van der Waals surface area contributed by atoms with Gasteiger partial charge in [-0.3, -0.25) is 10.1 Å². The van der Waals surface area contributed by atoms with E-state index >= 15 is 0 Å². The maximum absolute atomic E-state index is 12.3. The Morgan fingerprint density at radius 2 is 1.77 bits per heavy atom. The fourth-order valence-electron chi connectivity index (χ4n) is 2.40. The number of carbonyl (C=O) groups excluding carboxylic acids is 1. The number of nitrogens with one attached hydrogen (secondary N) is 1.